The molecule has 1 heterocycles. The summed E-state index contributed by atoms with van der Waals surface area (Å²) in [5, 5.41) is 20.0. The van der Waals surface area contributed by atoms with Gasteiger partial charge in [-0.2, -0.15) is 0 Å². The second-order valence-corrected chi connectivity index (χ2v) is 6.29. The Morgan fingerprint density at radius 1 is 1.10 bits per heavy atom. The van der Waals surface area contributed by atoms with E-state index < -0.39 is 0 Å². The molecule has 2 N–H and O–H groups in total. The Morgan fingerprint density at radius 3 is 2.48 bits per heavy atom. The lowest BCUT2D eigenvalue weighted by atomic mass is 10.1. The van der Waals surface area contributed by atoms with Gasteiger partial charge >= 0.3 is 0 Å². The van der Waals surface area contributed by atoms with Gasteiger partial charge in [-0.3, -0.25) is 0 Å². The van der Waals surface area contributed by atoms with Crippen LogP contribution in [0.3, 0.4) is 0 Å². The molecule has 0 spiro atoms. The van der Waals surface area contributed by atoms with Gasteiger partial charge in [0.1, 0.15) is 17.0 Å². The van der Waals surface area contributed by atoms with Gasteiger partial charge in [0.05, 0.1) is 4.83 Å². The molecule has 0 fully saturated rings. The van der Waals surface area contributed by atoms with Gasteiger partial charge in [0, 0.05) is 16.5 Å². The van der Waals surface area contributed by atoms with Crippen LogP contribution in [0.25, 0.3) is 22.6 Å². The Morgan fingerprint density at radius 2 is 1.81 bits per heavy atom. The molecule has 6 heteroatoms. The van der Waals surface area contributed by atoms with E-state index in [4.69, 9.17) is 4.42 Å². The summed E-state index contributed by atoms with van der Waals surface area (Å²) >= 11 is 6.90. The van der Waals surface area contributed by atoms with Crippen molar-refractivity contribution in [2.24, 2.45) is 0 Å². The maximum absolute atomic E-state index is 10.1. The molecule has 1 atom stereocenters. The summed E-state index contributed by atoms with van der Waals surface area (Å²) in [5.41, 5.74) is 2.69. The van der Waals surface area contributed by atoms with Crippen molar-refractivity contribution in [2.75, 3.05) is 5.33 Å². The summed E-state index contributed by atoms with van der Waals surface area (Å²) in [6, 6.07) is 9.91. The average molecular weight is 413 g/mol. The number of nitrogens with zero attached hydrogens (tertiary/aromatic N) is 1. The number of aromatic hydroxyl groups is 2. The fourth-order valence-corrected chi connectivity index (χ4v) is 2.89. The number of phenols is 2. The molecule has 0 aliphatic carbocycles. The summed E-state index contributed by atoms with van der Waals surface area (Å²) < 4.78 is 5.74. The standard InChI is InChI=1S/C15H11Br2NO3/c16-7-10(17)13-11(20)5-6-12-14(13)18-15(21-12)8-1-3-9(19)4-2-8/h1-6,10,19-20H,7H2. The van der Waals surface area contributed by atoms with E-state index in [0.29, 0.717) is 27.9 Å². The summed E-state index contributed by atoms with van der Waals surface area (Å²) in [5.74, 6) is 0.813. The van der Waals surface area contributed by atoms with Gasteiger partial charge in [-0.25, -0.2) is 4.98 Å². The van der Waals surface area contributed by atoms with E-state index >= 15 is 0 Å². The number of aromatic nitrogens is 1. The highest BCUT2D eigenvalue weighted by atomic mass is 79.9. The molecule has 0 saturated heterocycles. The summed E-state index contributed by atoms with van der Waals surface area (Å²) in [4.78, 5) is 4.41. The van der Waals surface area contributed by atoms with Crippen LogP contribution in [0.4, 0.5) is 0 Å². The summed E-state index contributed by atoms with van der Waals surface area (Å²) in [6.45, 7) is 0. The Bertz CT molecular complexity index is 783. The van der Waals surface area contributed by atoms with Gasteiger partial charge in [0.15, 0.2) is 5.58 Å². The highest BCUT2D eigenvalue weighted by Crippen LogP contribution is 2.38. The van der Waals surface area contributed by atoms with Gasteiger partial charge in [0.2, 0.25) is 5.89 Å². The van der Waals surface area contributed by atoms with Crippen molar-refractivity contribution >= 4 is 43.0 Å². The monoisotopic (exact) mass is 411 g/mol. The van der Waals surface area contributed by atoms with E-state index in [2.05, 4.69) is 36.8 Å². The van der Waals surface area contributed by atoms with Crippen LogP contribution >= 0.6 is 31.9 Å². The van der Waals surface area contributed by atoms with Crippen molar-refractivity contribution in [3.8, 4) is 23.0 Å². The first kappa shape index (κ1) is 14.4. The molecule has 2 aromatic carbocycles. The quantitative estimate of drug-likeness (QED) is 0.610. The predicted octanol–water partition coefficient (Wildman–Crippen LogP) is 4.74. The number of hydrogen-bond donors (Lipinski definition) is 2. The number of rotatable bonds is 3. The lowest BCUT2D eigenvalue weighted by Crippen LogP contribution is -1.93. The maximum atomic E-state index is 10.1. The number of oxazole rings is 1. The molecule has 0 aliphatic rings. The highest BCUT2D eigenvalue weighted by Gasteiger charge is 2.19. The molecule has 0 bridgehead atoms. The number of fused-ring (bicyclic) bond motifs is 1. The minimum absolute atomic E-state index is 0.0704. The molecular weight excluding hydrogens is 402 g/mol. The van der Waals surface area contributed by atoms with Crippen LogP contribution in [0.15, 0.2) is 40.8 Å². The molecule has 0 radical (unpaired) electrons. The molecule has 3 rings (SSSR count). The van der Waals surface area contributed by atoms with E-state index in [1.807, 2.05) is 0 Å². The highest BCUT2D eigenvalue weighted by molar-refractivity contribution is 9.12. The van der Waals surface area contributed by atoms with Crippen molar-refractivity contribution in [3.05, 3.63) is 42.0 Å². The summed E-state index contributed by atoms with van der Waals surface area (Å²) in [7, 11) is 0. The van der Waals surface area contributed by atoms with E-state index in [-0.39, 0.29) is 16.3 Å². The fraction of sp³-hybridized carbons (Fsp3) is 0.133. The van der Waals surface area contributed by atoms with Gasteiger partial charge in [-0.1, -0.05) is 31.9 Å². The molecule has 0 saturated carbocycles. The molecular formula is C15H11Br2NO3. The predicted molar refractivity (Wildman–Crippen MR) is 88.2 cm³/mol. The average Bonchev–Trinajstić information content (AvgIpc) is 2.91. The Balaban J connectivity index is 2.18. The molecule has 3 aromatic rings. The van der Waals surface area contributed by atoms with Crippen LogP contribution in [0.5, 0.6) is 11.5 Å². The molecule has 21 heavy (non-hydrogen) atoms. The number of phenolic OH excluding ortho intramolecular Hbond substituents is 2. The van der Waals surface area contributed by atoms with Crippen molar-refractivity contribution in [1.29, 1.82) is 0 Å². The van der Waals surface area contributed by atoms with Crippen molar-refractivity contribution in [2.45, 2.75) is 4.83 Å². The second kappa shape index (κ2) is 5.69. The first-order valence-electron chi connectivity index (χ1n) is 6.22. The zero-order valence-electron chi connectivity index (χ0n) is 10.8. The number of halogens is 2. The van der Waals surface area contributed by atoms with Gasteiger partial charge < -0.3 is 14.6 Å². The van der Waals surface area contributed by atoms with Gasteiger partial charge in [0.25, 0.3) is 0 Å². The normalized spacial score (nSPS) is 12.7. The van der Waals surface area contributed by atoms with Crippen molar-refractivity contribution in [3.63, 3.8) is 0 Å². The Kier molecular flexibility index (Phi) is 3.91. The first-order chi connectivity index (χ1) is 10.1. The zero-order chi connectivity index (χ0) is 15.0. The van der Waals surface area contributed by atoms with Crippen molar-refractivity contribution < 1.29 is 14.6 Å². The smallest absolute Gasteiger partial charge is 0.227 e. The van der Waals surface area contributed by atoms with Gasteiger partial charge in [-0.05, 0) is 36.4 Å². The topological polar surface area (TPSA) is 66.5 Å². The van der Waals surface area contributed by atoms with Crippen LogP contribution in [0.2, 0.25) is 0 Å². The van der Waals surface area contributed by atoms with E-state index in [0.717, 1.165) is 5.56 Å². The molecule has 4 nitrogen and oxygen atoms in total. The lowest BCUT2D eigenvalue weighted by Gasteiger charge is -2.08. The van der Waals surface area contributed by atoms with E-state index in [9.17, 15) is 10.2 Å². The third-order valence-corrected chi connectivity index (χ3v) is 5.44. The molecule has 1 aromatic heterocycles. The van der Waals surface area contributed by atoms with E-state index in [1.165, 1.54) is 0 Å². The maximum Gasteiger partial charge on any atom is 0.227 e. The van der Waals surface area contributed by atoms with Gasteiger partial charge in [-0.15, -0.1) is 0 Å². The Labute approximate surface area is 137 Å². The van der Waals surface area contributed by atoms with Crippen LogP contribution in [-0.2, 0) is 0 Å². The number of alkyl halides is 2. The third kappa shape index (κ3) is 2.65. The SMILES string of the molecule is Oc1ccc(-c2nc3c(C(Br)CBr)c(O)ccc3o2)cc1. The molecule has 1 unspecified atom stereocenters. The largest absolute Gasteiger partial charge is 0.508 e. The van der Waals surface area contributed by atoms with Crippen LogP contribution in [0.1, 0.15) is 10.4 Å². The minimum Gasteiger partial charge on any atom is -0.508 e. The first-order valence-corrected chi connectivity index (χ1v) is 8.25. The molecule has 0 aliphatic heterocycles. The zero-order valence-corrected chi connectivity index (χ0v) is 13.9. The molecule has 108 valence electrons. The lowest BCUT2D eigenvalue weighted by molar-refractivity contribution is 0.469. The fourth-order valence-electron chi connectivity index (χ4n) is 2.12. The summed E-state index contributed by atoms with van der Waals surface area (Å²) in [6.07, 6.45) is 0. The Hall–Kier alpha value is -1.53. The van der Waals surface area contributed by atoms with Crippen LogP contribution < -0.4 is 0 Å². The van der Waals surface area contributed by atoms with Crippen LogP contribution in [0, 0.1) is 0 Å². The number of hydrogen-bond acceptors (Lipinski definition) is 4. The minimum atomic E-state index is -0.0704. The third-order valence-electron chi connectivity index (χ3n) is 3.14. The second-order valence-electron chi connectivity index (χ2n) is 4.53. The van der Waals surface area contributed by atoms with E-state index in [1.54, 1.807) is 36.4 Å². The van der Waals surface area contributed by atoms with Crippen molar-refractivity contribution in [1.82, 2.24) is 4.98 Å². The number of benzene rings is 2. The molecule has 0 amide bonds. The van der Waals surface area contributed by atoms with Crippen LogP contribution in [-0.4, -0.2) is 20.5 Å².